The molecule has 3 N–H and O–H groups in total. The number of hydrogen-bond donors (Lipinski definition) is 2. The first-order chi connectivity index (χ1) is 8.76. The summed E-state index contributed by atoms with van der Waals surface area (Å²) >= 11 is 1.81. The van der Waals surface area contributed by atoms with Crippen molar-refractivity contribution in [3.05, 3.63) is 30.3 Å². The van der Waals surface area contributed by atoms with Crippen LogP contribution in [0.3, 0.4) is 0 Å². The lowest BCUT2D eigenvalue weighted by molar-refractivity contribution is 0.198. The molecular formula is C14H24N2OS. The number of rotatable bonds is 9. The fraction of sp³-hybridized carbons (Fsp3) is 0.571. The van der Waals surface area contributed by atoms with Crippen LogP contribution in [0.15, 0.2) is 35.2 Å². The summed E-state index contributed by atoms with van der Waals surface area (Å²) in [6, 6.07) is 10.6. The van der Waals surface area contributed by atoms with Gasteiger partial charge in [-0.15, -0.1) is 11.8 Å². The van der Waals surface area contributed by atoms with Gasteiger partial charge in [-0.25, -0.2) is 0 Å². The Morgan fingerprint density at radius 2 is 2.00 bits per heavy atom. The van der Waals surface area contributed by atoms with Crippen molar-refractivity contribution in [3.63, 3.8) is 0 Å². The lowest BCUT2D eigenvalue weighted by Crippen LogP contribution is -2.33. The standard InChI is InChI=1S/C14H24N2OS/c1-2-16(10-11-17)9-8-13(15)12-18-14-6-4-3-5-7-14/h3-7,13,17H,2,8-12,15H2,1H3/t13-/m1/s1. The second kappa shape index (κ2) is 9.39. The molecule has 0 saturated heterocycles. The maximum Gasteiger partial charge on any atom is 0.0558 e. The summed E-state index contributed by atoms with van der Waals surface area (Å²) in [5, 5.41) is 8.91. The highest BCUT2D eigenvalue weighted by Crippen LogP contribution is 2.18. The molecule has 1 atom stereocenters. The minimum Gasteiger partial charge on any atom is -0.395 e. The van der Waals surface area contributed by atoms with Crippen molar-refractivity contribution in [2.45, 2.75) is 24.3 Å². The number of benzene rings is 1. The molecule has 0 aliphatic rings. The van der Waals surface area contributed by atoms with Crippen molar-refractivity contribution in [1.29, 1.82) is 0 Å². The van der Waals surface area contributed by atoms with E-state index in [1.165, 1.54) is 4.90 Å². The van der Waals surface area contributed by atoms with Gasteiger partial charge >= 0.3 is 0 Å². The Labute approximate surface area is 114 Å². The number of nitrogens with zero attached hydrogens (tertiary/aromatic N) is 1. The monoisotopic (exact) mass is 268 g/mol. The molecule has 0 aliphatic heterocycles. The fourth-order valence-corrected chi connectivity index (χ4v) is 2.64. The van der Waals surface area contributed by atoms with Gasteiger partial charge in [-0.3, -0.25) is 0 Å². The lowest BCUT2D eigenvalue weighted by Gasteiger charge is -2.21. The van der Waals surface area contributed by atoms with Crippen LogP contribution in [0, 0.1) is 0 Å². The van der Waals surface area contributed by atoms with Crippen molar-refractivity contribution < 1.29 is 5.11 Å². The molecule has 0 amide bonds. The van der Waals surface area contributed by atoms with Gasteiger partial charge in [0.25, 0.3) is 0 Å². The van der Waals surface area contributed by atoms with Crippen molar-refractivity contribution in [1.82, 2.24) is 4.90 Å². The summed E-state index contributed by atoms with van der Waals surface area (Å²) in [6.07, 6.45) is 0.980. The smallest absolute Gasteiger partial charge is 0.0558 e. The maximum absolute atomic E-state index is 8.91. The third-order valence-corrected chi connectivity index (χ3v) is 4.09. The highest BCUT2D eigenvalue weighted by molar-refractivity contribution is 7.99. The molecule has 1 aromatic rings. The van der Waals surface area contributed by atoms with E-state index in [2.05, 4.69) is 24.0 Å². The van der Waals surface area contributed by atoms with Crippen LogP contribution in [0.1, 0.15) is 13.3 Å². The zero-order valence-corrected chi connectivity index (χ0v) is 11.9. The van der Waals surface area contributed by atoms with Crippen LogP contribution in [0.2, 0.25) is 0 Å². The fourth-order valence-electron chi connectivity index (χ4n) is 1.72. The Bertz CT molecular complexity index is 308. The van der Waals surface area contributed by atoms with Crippen LogP contribution in [-0.4, -0.2) is 48.0 Å². The molecule has 3 nitrogen and oxygen atoms in total. The first-order valence-electron chi connectivity index (χ1n) is 6.53. The second-order valence-corrected chi connectivity index (χ2v) is 5.42. The molecule has 0 heterocycles. The van der Waals surface area contributed by atoms with E-state index >= 15 is 0 Å². The number of hydrogen-bond acceptors (Lipinski definition) is 4. The van der Waals surface area contributed by atoms with E-state index in [-0.39, 0.29) is 12.6 Å². The van der Waals surface area contributed by atoms with Crippen LogP contribution < -0.4 is 5.73 Å². The Morgan fingerprint density at radius 1 is 1.28 bits per heavy atom. The number of likely N-dealkylation sites (N-methyl/N-ethyl adjacent to an activating group) is 1. The molecule has 0 saturated carbocycles. The van der Waals surface area contributed by atoms with Gasteiger partial charge in [0.1, 0.15) is 0 Å². The number of thioether (sulfide) groups is 1. The van der Waals surface area contributed by atoms with Crippen molar-refractivity contribution in [2.75, 3.05) is 32.0 Å². The Hall–Kier alpha value is -0.550. The molecule has 0 unspecified atom stereocenters. The zero-order valence-electron chi connectivity index (χ0n) is 11.1. The van der Waals surface area contributed by atoms with E-state index in [1.54, 1.807) is 0 Å². The minimum atomic E-state index is 0.211. The van der Waals surface area contributed by atoms with Gasteiger partial charge in [0.15, 0.2) is 0 Å². The van der Waals surface area contributed by atoms with Crippen LogP contribution in [0.25, 0.3) is 0 Å². The molecule has 0 spiro atoms. The first kappa shape index (κ1) is 15.5. The minimum absolute atomic E-state index is 0.211. The third-order valence-electron chi connectivity index (χ3n) is 2.89. The highest BCUT2D eigenvalue weighted by Gasteiger charge is 2.07. The largest absolute Gasteiger partial charge is 0.395 e. The Kier molecular flexibility index (Phi) is 8.09. The molecule has 0 radical (unpaired) electrons. The first-order valence-corrected chi connectivity index (χ1v) is 7.51. The molecule has 102 valence electrons. The van der Waals surface area contributed by atoms with Crippen molar-refractivity contribution in [2.24, 2.45) is 5.73 Å². The summed E-state index contributed by atoms with van der Waals surface area (Å²) in [4.78, 5) is 3.50. The number of aliphatic hydroxyl groups is 1. The van der Waals surface area contributed by atoms with Crippen LogP contribution in [0.4, 0.5) is 0 Å². The maximum atomic E-state index is 8.91. The molecule has 0 bridgehead atoms. The summed E-state index contributed by atoms with van der Waals surface area (Å²) in [5.41, 5.74) is 6.11. The molecule has 1 aromatic carbocycles. The van der Waals surface area contributed by atoms with Gasteiger partial charge in [0, 0.05) is 23.2 Å². The summed E-state index contributed by atoms with van der Waals surface area (Å²) < 4.78 is 0. The van der Waals surface area contributed by atoms with Gasteiger partial charge in [0.2, 0.25) is 0 Å². The zero-order chi connectivity index (χ0) is 13.2. The lowest BCUT2D eigenvalue weighted by atomic mass is 10.2. The third kappa shape index (κ3) is 6.40. The van der Waals surface area contributed by atoms with Gasteiger partial charge < -0.3 is 15.7 Å². The average Bonchev–Trinajstić information content (AvgIpc) is 2.42. The van der Waals surface area contributed by atoms with E-state index in [1.807, 2.05) is 30.0 Å². The number of nitrogens with two attached hydrogens (primary N) is 1. The van der Waals surface area contributed by atoms with Crippen LogP contribution in [0.5, 0.6) is 0 Å². The van der Waals surface area contributed by atoms with Gasteiger partial charge in [0.05, 0.1) is 6.61 Å². The predicted molar refractivity (Wildman–Crippen MR) is 79.0 cm³/mol. The molecule has 18 heavy (non-hydrogen) atoms. The topological polar surface area (TPSA) is 49.5 Å². The summed E-state index contributed by atoms with van der Waals surface area (Å²) in [5.74, 6) is 0.945. The van der Waals surface area contributed by atoms with Crippen molar-refractivity contribution >= 4 is 11.8 Å². The summed E-state index contributed by atoms with van der Waals surface area (Å²) in [6.45, 7) is 5.02. The van der Waals surface area contributed by atoms with E-state index in [0.29, 0.717) is 0 Å². The number of aliphatic hydroxyl groups excluding tert-OH is 1. The Balaban J connectivity index is 2.19. The molecule has 0 aliphatic carbocycles. The molecule has 4 heteroatoms. The van der Waals surface area contributed by atoms with E-state index in [0.717, 1.165) is 31.8 Å². The second-order valence-electron chi connectivity index (χ2n) is 4.33. The Morgan fingerprint density at radius 3 is 2.61 bits per heavy atom. The van der Waals surface area contributed by atoms with E-state index in [9.17, 15) is 0 Å². The van der Waals surface area contributed by atoms with Crippen LogP contribution in [-0.2, 0) is 0 Å². The molecule has 0 aromatic heterocycles. The summed E-state index contributed by atoms with van der Waals surface area (Å²) in [7, 11) is 0. The van der Waals surface area contributed by atoms with E-state index < -0.39 is 0 Å². The SMILES string of the molecule is CCN(CCO)CC[C@@H](N)CSc1ccccc1. The van der Waals surface area contributed by atoms with Crippen molar-refractivity contribution in [3.8, 4) is 0 Å². The highest BCUT2D eigenvalue weighted by atomic mass is 32.2. The predicted octanol–water partition coefficient (Wildman–Crippen LogP) is 1.81. The van der Waals surface area contributed by atoms with Gasteiger partial charge in [-0.05, 0) is 31.6 Å². The van der Waals surface area contributed by atoms with Gasteiger partial charge in [-0.1, -0.05) is 25.1 Å². The average molecular weight is 268 g/mol. The van der Waals surface area contributed by atoms with Gasteiger partial charge in [-0.2, -0.15) is 0 Å². The van der Waals surface area contributed by atoms with E-state index in [4.69, 9.17) is 10.8 Å². The molecule has 1 rings (SSSR count). The van der Waals surface area contributed by atoms with Crippen LogP contribution >= 0.6 is 11.8 Å². The normalized spacial score (nSPS) is 12.9. The quantitative estimate of drug-likeness (QED) is 0.671. The molecule has 0 fully saturated rings. The molecular weight excluding hydrogens is 244 g/mol.